The van der Waals surface area contributed by atoms with Gasteiger partial charge in [0.25, 0.3) is 11.6 Å². The van der Waals surface area contributed by atoms with Crippen molar-refractivity contribution in [1.29, 1.82) is 0 Å². The van der Waals surface area contributed by atoms with Crippen molar-refractivity contribution in [2.24, 2.45) is 0 Å². The molecule has 0 fully saturated rings. The number of rotatable bonds is 3. The number of hydrogen-bond acceptors (Lipinski definition) is 3. The number of halogens is 1. The SMILES string of the molecule is COc1ccc(C2(O)CN(c3ccccc3)C3=[N+]2CCCCC3)cc1.[Br-]. The molecule has 0 amide bonds. The summed E-state index contributed by atoms with van der Waals surface area (Å²) in [5, 5.41) is 11.7. The number of methoxy groups -OCH3 is 1. The van der Waals surface area contributed by atoms with Crippen LogP contribution in [-0.4, -0.2) is 35.7 Å². The van der Waals surface area contributed by atoms with Crippen LogP contribution in [0.15, 0.2) is 54.6 Å². The van der Waals surface area contributed by atoms with Crippen LogP contribution in [0.3, 0.4) is 0 Å². The van der Waals surface area contributed by atoms with E-state index in [9.17, 15) is 5.11 Å². The molecule has 1 unspecified atom stereocenters. The Morgan fingerprint density at radius 2 is 1.73 bits per heavy atom. The maximum Gasteiger partial charge on any atom is 0.271 e. The molecule has 0 saturated heterocycles. The van der Waals surface area contributed by atoms with E-state index < -0.39 is 5.72 Å². The molecule has 2 aromatic rings. The Hall–Kier alpha value is -1.85. The van der Waals surface area contributed by atoms with Gasteiger partial charge in [-0.1, -0.05) is 18.2 Å². The van der Waals surface area contributed by atoms with Crippen LogP contribution in [0.1, 0.15) is 31.2 Å². The fraction of sp³-hybridized carbons (Fsp3) is 0.381. The number of hydrogen-bond donors (Lipinski definition) is 1. The van der Waals surface area contributed by atoms with Gasteiger partial charge in [0, 0.05) is 12.0 Å². The Bertz CT molecular complexity index is 776. The molecule has 138 valence electrons. The second-order valence-corrected chi connectivity index (χ2v) is 6.85. The van der Waals surface area contributed by atoms with E-state index in [1.54, 1.807) is 7.11 Å². The summed E-state index contributed by atoms with van der Waals surface area (Å²) in [5.74, 6) is 2.05. The lowest BCUT2D eigenvalue weighted by Gasteiger charge is -2.23. The topological polar surface area (TPSA) is 35.7 Å². The first kappa shape index (κ1) is 18.9. The normalized spacial score (nSPS) is 22.5. The minimum atomic E-state index is -0.998. The quantitative estimate of drug-likeness (QED) is 0.733. The molecule has 0 aromatic heterocycles. The van der Waals surface area contributed by atoms with Gasteiger partial charge in [0.2, 0.25) is 0 Å². The molecule has 0 spiro atoms. The standard InChI is InChI=1S/C21H25N2O2.BrH/c1-25-19-13-11-17(12-14-19)21(24)16-22(18-8-4-2-5-9-18)20-10-6-3-7-15-23(20)21;/h2,4-5,8-9,11-14,24H,3,6-7,10,15-16H2,1H3;1H/q+1;/p-1. The second kappa shape index (κ2) is 7.80. The van der Waals surface area contributed by atoms with E-state index in [-0.39, 0.29) is 17.0 Å². The maximum absolute atomic E-state index is 11.7. The molecule has 0 saturated carbocycles. The summed E-state index contributed by atoms with van der Waals surface area (Å²) >= 11 is 0. The molecule has 4 rings (SSSR count). The van der Waals surface area contributed by atoms with Gasteiger partial charge in [0.15, 0.2) is 6.54 Å². The summed E-state index contributed by atoms with van der Waals surface area (Å²) < 4.78 is 7.49. The van der Waals surface area contributed by atoms with Crippen molar-refractivity contribution in [2.75, 3.05) is 25.1 Å². The number of aliphatic hydroxyl groups is 1. The van der Waals surface area contributed by atoms with Crippen molar-refractivity contribution in [3.8, 4) is 5.75 Å². The Morgan fingerprint density at radius 3 is 2.42 bits per heavy atom. The van der Waals surface area contributed by atoms with Crippen LogP contribution < -0.4 is 26.6 Å². The van der Waals surface area contributed by atoms with Crippen molar-refractivity contribution in [3.63, 3.8) is 0 Å². The number of amidine groups is 1. The fourth-order valence-corrected chi connectivity index (χ4v) is 4.02. The fourth-order valence-electron chi connectivity index (χ4n) is 4.02. The van der Waals surface area contributed by atoms with Gasteiger partial charge in [-0.05, 0) is 55.7 Å². The molecule has 0 bridgehead atoms. The zero-order valence-corrected chi connectivity index (χ0v) is 16.7. The van der Waals surface area contributed by atoms with Crippen molar-refractivity contribution < 1.29 is 31.4 Å². The molecule has 2 aromatic carbocycles. The second-order valence-electron chi connectivity index (χ2n) is 6.85. The van der Waals surface area contributed by atoms with E-state index in [4.69, 9.17) is 4.74 Å². The summed E-state index contributed by atoms with van der Waals surface area (Å²) in [4.78, 5) is 2.29. The number of benzene rings is 2. The minimum Gasteiger partial charge on any atom is -1.00 e. The van der Waals surface area contributed by atoms with E-state index in [1.807, 2.05) is 30.3 Å². The highest BCUT2D eigenvalue weighted by molar-refractivity contribution is 5.95. The first-order chi connectivity index (χ1) is 12.2. The predicted octanol–water partition coefficient (Wildman–Crippen LogP) is 0.349. The third-order valence-corrected chi connectivity index (χ3v) is 5.35. The van der Waals surface area contributed by atoms with Crippen LogP contribution in [0.5, 0.6) is 5.75 Å². The Kier molecular flexibility index (Phi) is 5.68. The van der Waals surface area contributed by atoms with Crippen LogP contribution >= 0.6 is 0 Å². The number of para-hydroxylation sites is 1. The molecule has 1 atom stereocenters. The lowest BCUT2D eigenvalue weighted by molar-refractivity contribution is -0.658. The van der Waals surface area contributed by atoms with Gasteiger partial charge < -0.3 is 26.8 Å². The molecule has 2 aliphatic heterocycles. The lowest BCUT2D eigenvalue weighted by Crippen LogP contribution is -3.00. The van der Waals surface area contributed by atoms with Gasteiger partial charge in [-0.25, -0.2) is 9.48 Å². The first-order valence-electron chi connectivity index (χ1n) is 9.05. The Morgan fingerprint density at radius 1 is 1.00 bits per heavy atom. The molecule has 2 heterocycles. The van der Waals surface area contributed by atoms with Crippen molar-refractivity contribution in [2.45, 2.75) is 31.4 Å². The van der Waals surface area contributed by atoms with Crippen LogP contribution in [0.4, 0.5) is 5.69 Å². The third kappa shape index (κ3) is 3.26. The summed E-state index contributed by atoms with van der Waals surface area (Å²) in [6.45, 7) is 1.44. The van der Waals surface area contributed by atoms with Crippen LogP contribution in [-0.2, 0) is 5.72 Å². The van der Waals surface area contributed by atoms with Gasteiger partial charge in [0.1, 0.15) is 11.4 Å². The molecule has 0 radical (unpaired) electrons. The minimum absolute atomic E-state index is 0. The molecule has 1 N–H and O–H groups in total. The highest BCUT2D eigenvalue weighted by Crippen LogP contribution is 2.35. The molecule has 0 aliphatic carbocycles. The number of anilines is 1. The van der Waals surface area contributed by atoms with Crippen molar-refractivity contribution >= 4 is 11.5 Å². The highest BCUT2D eigenvalue weighted by Gasteiger charge is 2.51. The number of β-amino-alcohol motifs (C(OH)–C–C–N with tert-alkyl or cyclic N) is 1. The number of ether oxygens (including phenoxy) is 1. The predicted molar refractivity (Wildman–Crippen MR) is 99.3 cm³/mol. The molecular formula is C21H25BrN2O2. The summed E-state index contributed by atoms with van der Waals surface area (Å²) in [7, 11) is 1.66. The smallest absolute Gasteiger partial charge is 0.271 e. The summed E-state index contributed by atoms with van der Waals surface area (Å²) in [5.41, 5.74) is 1.07. The van der Waals surface area contributed by atoms with E-state index in [2.05, 4.69) is 33.7 Å². The molecule has 2 aliphatic rings. The highest BCUT2D eigenvalue weighted by atomic mass is 79.9. The van der Waals surface area contributed by atoms with Crippen LogP contribution in [0.25, 0.3) is 0 Å². The number of nitrogens with zero attached hydrogens (tertiary/aromatic N) is 2. The zero-order valence-electron chi connectivity index (χ0n) is 15.1. The van der Waals surface area contributed by atoms with Gasteiger partial charge in [-0.15, -0.1) is 0 Å². The van der Waals surface area contributed by atoms with Crippen LogP contribution in [0, 0.1) is 0 Å². The third-order valence-electron chi connectivity index (χ3n) is 5.35. The van der Waals surface area contributed by atoms with Gasteiger partial charge in [-0.2, -0.15) is 0 Å². The Labute approximate surface area is 165 Å². The van der Waals surface area contributed by atoms with E-state index in [0.717, 1.165) is 36.4 Å². The van der Waals surface area contributed by atoms with Gasteiger partial charge in [0.05, 0.1) is 13.7 Å². The lowest BCUT2D eigenvalue weighted by atomic mass is 10.0. The Balaban J connectivity index is 0.00000196. The van der Waals surface area contributed by atoms with Gasteiger partial charge >= 0.3 is 0 Å². The van der Waals surface area contributed by atoms with Gasteiger partial charge in [-0.3, -0.25) is 0 Å². The van der Waals surface area contributed by atoms with E-state index in [0.29, 0.717) is 6.54 Å². The summed E-state index contributed by atoms with van der Waals surface area (Å²) in [6, 6.07) is 18.2. The molecule has 26 heavy (non-hydrogen) atoms. The van der Waals surface area contributed by atoms with E-state index in [1.165, 1.54) is 18.7 Å². The van der Waals surface area contributed by atoms with Crippen molar-refractivity contribution in [1.82, 2.24) is 0 Å². The zero-order chi connectivity index (χ0) is 17.3. The summed E-state index contributed by atoms with van der Waals surface area (Å²) in [6.07, 6.45) is 4.51. The van der Waals surface area contributed by atoms with Crippen LogP contribution in [0.2, 0.25) is 0 Å². The monoisotopic (exact) mass is 416 g/mol. The average molecular weight is 417 g/mol. The molecule has 4 nitrogen and oxygen atoms in total. The molecule has 5 heteroatoms. The maximum atomic E-state index is 11.7. The van der Waals surface area contributed by atoms with Crippen molar-refractivity contribution in [3.05, 3.63) is 60.2 Å². The first-order valence-corrected chi connectivity index (χ1v) is 9.05. The van der Waals surface area contributed by atoms with E-state index >= 15 is 0 Å². The average Bonchev–Trinajstić information content (AvgIpc) is 2.82. The largest absolute Gasteiger partial charge is 1.00 e. The molecular weight excluding hydrogens is 392 g/mol.